The van der Waals surface area contributed by atoms with Gasteiger partial charge in [-0.15, -0.1) is 0 Å². The molecule has 0 saturated carbocycles. The maximum absolute atomic E-state index is 5.51. The summed E-state index contributed by atoms with van der Waals surface area (Å²) in [6.07, 6.45) is 2.06. The molecule has 0 aromatic carbocycles. The highest BCUT2D eigenvalue weighted by Crippen LogP contribution is 2.22. The van der Waals surface area contributed by atoms with Gasteiger partial charge in [0.2, 0.25) is 11.9 Å². The third-order valence-corrected chi connectivity index (χ3v) is 2.39. The summed E-state index contributed by atoms with van der Waals surface area (Å²) >= 11 is 0. The molecule has 2 heterocycles. The number of nitrogens with one attached hydrogen (secondary N) is 1. The van der Waals surface area contributed by atoms with Crippen LogP contribution in [0.5, 0.6) is 0 Å². The van der Waals surface area contributed by atoms with E-state index in [4.69, 9.17) is 11.5 Å². The van der Waals surface area contributed by atoms with Crippen molar-refractivity contribution in [1.29, 1.82) is 0 Å². The molecule has 0 spiro atoms. The van der Waals surface area contributed by atoms with Gasteiger partial charge in [0.25, 0.3) is 0 Å². The molecule has 1 aliphatic rings. The second-order valence-electron chi connectivity index (χ2n) is 3.43. The minimum atomic E-state index is 0.214. The Kier molecular flexibility index (Phi) is 2.45. The Morgan fingerprint density at radius 3 is 2.14 bits per heavy atom. The average Bonchev–Trinajstić information content (AvgIpc) is 2.18. The maximum atomic E-state index is 5.51. The van der Waals surface area contributed by atoms with E-state index in [-0.39, 0.29) is 11.9 Å². The minimum absolute atomic E-state index is 0.214. The van der Waals surface area contributed by atoms with Crippen LogP contribution >= 0.6 is 0 Å². The summed E-state index contributed by atoms with van der Waals surface area (Å²) in [4.78, 5) is 12.0. The number of nitrogens with zero attached hydrogens (tertiary/aromatic N) is 3. The fourth-order valence-corrected chi connectivity index (χ4v) is 1.69. The van der Waals surface area contributed by atoms with Gasteiger partial charge < -0.3 is 16.8 Å². The first kappa shape index (κ1) is 9.14. The predicted molar refractivity (Wildman–Crippen MR) is 53.5 cm³/mol. The topological polar surface area (TPSA) is 103 Å². The van der Waals surface area contributed by atoms with Gasteiger partial charge in [0.1, 0.15) is 5.82 Å². The summed E-state index contributed by atoms with van der Waals surface area (Å²) in [5.74, 6) is 1.53. The van der Waals surface area contributed by atoms with Crippen molar-refractivity contribution in [2.75, 3.05) is 24.6 Å². The van der Waals surface area contributed by atoms with Crippen LogP contribution in [0.25, 0.3) is 0 Å². The largest absolute Gasteiger partial charge is 0.368 e. The smallest absolute Gasteiger partial charge is 0.225 e. The Balaban J connectivity index is 2.21. The zero-order valence-corrected chi connectivity index (χ0v) is 7.90. The van der Waals surface area contributed by atoms with E-state index in [1.807, 2.05) is 0 Å². The van der Waals surface area contributed by atoms with Gasteiger partial charge in [-0.3, -0.25) is 0 Å². The van der Waals surface area contributed by atoms with Crippen LogP contribution in [0.1, 0.15) is 24.6 Å². The maximum Gasteiger partial charge on any atom is 0.225 e. The summed E-state index contributed by atoms with van der Waals surface area (Å²) < 4.78 is 0. The molecule has 1 aromatic rings. The van der Waals surface area contributed by atoms with E-state index in [0.29, 0.717) is 5.92 Å². The number of anilines is 2. The lowest BCUT2D eigenvalue weighted by Crippen LogP contribution is -2.28. The highest BCUT2D eigenvalue weighted by molar-refractivity contribution is 5.27. The van der Waals surface area contributed by atoms with Gasteiger partial charge in [-0.1, -0.05) is 0 Å². The summed E-state index contributed by atoms with van der Waals surface area (Å²) in [5.41, 5.74) is 11.0. The van der Waals surface area contributed by atoms with Crippen molar-refractivity contribution in [3.8, 4) is 0 Å². The SMILES string of the molecule is Nc1nc(N)nc(C2CCNCC2)n1. The van der Waals surface area contributed by atoms with Gasteiger partial charge in [0, 0.05) is 5.92 Å². The van der Waals surface area contributed by atoms with Crippen molar-refractivity contribution >= 4 is 11.9 Å². The average molecular weight is 194 g/mol. The van der Waals surface area contributed by atoms with Gasteiger partial charge in [0.05, 0.1) is 0 Å². The standard InChI is InChI=1S/C8H14N6/c9-7-12-6(13-8(10)14-7)5-1-3-11-4-2-5/h5,11H,1-4H2,(H4,9,10,12,13,14). The fraction of sp³-hybridized carbons (Fsp3) is 0.625. The molecular formula is C8H14N6. The zero-order valence-electron chi connectivity index (χ0n) is 7.90. The molecule has 0 aliphatic carbocycles. The van der Waals surface area contributed by atoms with Crippen molar-refractivity contribution in [3.05, 3.63) is 5.82 Å². The van der Waals surface area contributed by atoms with Crippen LogP contribution in [0.2, 0.25) is 0 Å². The van der Waals surface area contributed by atoms with Crippen molar-refractivity contribution in [3.63, 3.8) is 0 Å². The van der Waals surface area contributed by atoms with E-state index in [9.17, 15) is 0 Å². The monoisotopic (exact) mass is 194 g/mol. The molecule has 1 fully saturated rings. The summed E-state index contributed by atoms with van der Waals surface area (Å²) in [6.45, 7) is 1.99. The predicted octanol–water partition coefficient (Wildman–Crippen LogP) is -0.497. The lowest BCUT2D eigenvalue weighted by Gasteiger charge is -2.21. The van der Waals surface area contributed by atoms with Crippen LogP contribution in [-0.4, -0.2) is 28.0 Å². The van der Waals surface area contributed by atoms with Crippen LogP contribution in [-0.2, 0) is 0 Å². The molecule has 1 aliphatic heterocycles. The first-order valence-electron chi connectivity index (χ1n) is 4.73. The highest BCUT2D eigenvalue weighted by Gasteiger charge is 2.18. The van der Waals surface area contributed by atoms with Gasteiger partial charge in [-0.05, 0) is 25.9 Å². The molecule has 1 saturated heterocycles. The first-order chi connectivity index (χ1) is 6.75. The lowest BCUT2D eigenvalue weighted by molar-refractivity contribution is 0.445. The highest BCUT2D eigenvalue weighted by atomic mass is 15.1. The van der Waals surface area contributed by atoms with Crippen LogP contribution in [0.15, 0.2) is 0 Å². The molecule has 0 unspecified atom stereocenters. The number of hydrogen-bond donors (Lipinski definition) is 3. The summed E-state index contributed by atoms with van der Waals surface area (Å²) in [5, 5.41) is 3.28. The van der Waals surface area contributed by atoms with E-state index in [2.05, 4.69) is 20.3 Å². The van der Waals surface area contributed by atoms with E-state index in [1.165, 1.54) is 0 Å². The number of hydrogen-bond acceptors (Lipinski definition) is 6. The first-order valence-corrected chi connectivity index (χ1v) is 4.73. The third kappa shape index (κ3) is 1.90. The van der Waals surface area contributed by atoms with E-state index >= 15 is 0 Å². The minimum Gasteiger partial charge on any atom is -0.368 e. The summed E-state index contributed by atoms with van der Waals surface area (Å²) in [7, 11) is 0. The van der Waals surface area contributed by atoms with Gasteiger partial charge in [-0.2, -0.15) is 15.0 Å². The number of rotatable bonds is 1. The Morgan fingerprint density at radius 2 is 1.57 bits per heavy atom. The second-order valence-corrected chi connectivity index (χ2v) is 3.43. The number of nitrogens with two attached hydrogens (primary N) is 2. The van der Waals surface area contributed by atoms with Crippen molar-refractivity contribution in [1.82, 2.24) is 20.3 Å². The molecule has 0 atom stereocenters. The van der Waals surface area contributed by atoms with Gasteiger partial charge in [-0.25, -0.2) is 0 Å². The zero-order chi connectivity index (χ0) is 9.97. The molecule has 0 bridgehead atoms. The molecule has 5 N–H and O–H groups in total. The summed E-state index contributed by atoms with van der Waals surface area (Å²) in [6, 6.07) is 0. The number of nitrogen functional groups attached to an aromatic ring is 2. The lowest BCUT2D eigenvalue weighted by atomic mass is 9.97. The van der Waals surface area contributed by atoms with Crippen molar-refractivity contribution in [2.45, 2.75) is 18.8 Å². The quantitative estimate of drug-likeness (QED) is 0.557. The van der Waals surface area contributed by atoms with Crippen LogP contribution in [0, 0.1) is 0 Å². The van der Waals surface area contributed by atoms with Crippen LogP contribution < -0.4 is 16.8 Å². The van der Waals surface area contributed by atoms with E-state index in [0.717, 1.165) is 31.8 Å². The molecule has 6 nitrogen and oxygen atoms in total. The normalized spacial score (nSPS) is 18.3. The van der Waals surface area contributed by atoms with Crippen molar-refractivity contribution < 1.29 is 0 Å². The number of aromatic nitrogens is 3. The fourth-order valence-electron chi connectivity index (χ4n) is 1.69. The Morgan fingerprint density at radius 1 is 1.00 bits per heavy atom. The molecule has 2 rings (SSSR count). The Hall–Kier alpha value is -1.43. The Labute approximate surface area is 82.1 Å². The molecule has 0 radical (unpaired) electrons. The second kappa shape index (κ2) is 3.75. The molecule has 0 amide bonds. The van der Waals surface area contributed by atoms with Crippen molar-refractivity contribution in [2.24, 2.45) is 0 Å². The third-order valence-electron chi connectivity index (χ3n) is 2.39. The number of piperidine rings is 1. The molecule has 1 aromatic heterocycles. The van der Waals surface area contributed by atoms with E-state index < -0.39 is 0 Å². The molecule has 6 heteroatoms. The van der Waals surface area contributed by atoms with Gasteiger partial charge in [0.15, 0.2) is 0 Å². The molecule has 14 heavy (non-hydrogen) atoms. The molecular weight excluding hydrogens is 180 g/mol. The van der Waals surface area contributed by atoms with Crippen LogP contribution in [0.4, 0.5) is 11.9 Å². The molecule has 76 valence electrons. The van der Waals surface area contributed by atoms with E-state index in [1.54, 1.807) is 0 Å². The Bertz CT molecular complexity index is 299. The van der Waals surface area contributed by atoms with Gasteiger partial charge >= 0.3 is 0 Å². The van der Waals surface area contributed by atoms with Crippen LogP contribution in [0.3, 0.4) is 0 Å².